The molecule has 0 saturated heterocycles. The minimum Gasteiger partial charge on any atom is -0.480 e. The van der Waals surface area contributed by atoms with Gasteiger partial charge in [-0.15, -0.1) is 6.58 Å². The zero-order valence-corrected chi connectivity index (χ0v) is 11.3. The van der Waals surface area contributed by atoms with Crippen LogP contribution >= 0.6 is 0 Å². The Balaban J connectivity index is 4.27. The molecule has 3 N–H and O–H groups in total. The van der Waals surface area contributed by atoms with E-state index in [1.165, 1.54) is 11.0 Å². The van der Waals surface area contributed by atoms with Crippen LogP contribution in [-0.2, 0) is 9.59 Å². The molecule has 0 rings (SSSR count). The van der Waals surface area contributed by atoms with Crippen molar-refractivity contribution in [2.45, 2.75) is 39.2 Å². The number of carbonyl (C=O) groups is 2. The Labute approximate surface area is 109 Å². The highest BCUT2D eigenvalue weighted by molar-refractivity contribution is 5.83. The second-order valence-corrected chi connectivity index (χ2v) is 4.71. The molecule has 0 spiro atoms. The standard InChI is InChI=1S/C13H24N2O3/c1-4-8-15(9-12(16)17)13(18)10(2)6-5-7-11(3)14/h4,10-11H,1,5-9,14H2,2-3H3,(H,16,17). The van der Waals surface area contributed by atoms with E-state index < -0.39 is 5.97 Å². The third-order valence-electron chi connectivity index (χ3n) is 2.71. The average molecular weight is 256 g/mol. The van der Waals surface area contributed by atoms with Crippen molar-refractivity contribution in [2.75, 3.05) is 13.1 Å². The van der Waals surface area contributed by atoms with Crippen LogP contribution in [0.15, 0.2) is 12.7 Å². The molecule has 0 aromatic carbocycles. The molecular formula is C13H24N2O3. The molecule has 1 amide bonds. The Morgan fingerprint density at radius 3 is 2.44 bits per heavy atom. The summed E-state index contributed by atoms with van der Waals surface area (Å²) in [6.45, 7) is 7.28. The summed E-state index contributed by atoms with van der Waals surface area (Å²) in [5, 5.41) is 8.75. The van der Waals surface area contributed by atoms with Crippen LogP contribution in [0.3, 0.4) is 0 Å². The zero-order chi connectivity index (χ0) is 14.1. The molecule has 0 heterocycles. The van der Waals surface area contributed by atoms with Gasteiger partial charge in [-0.3, -0.25) is 9.59 Å². The van der Waals surface area contributed by atoms with Crippen molar-refractivity contribution in [1.82, 2.24) is 4.90 Å². The van der Waals surface area contributed by atoms with Gasteiger partial charge in [0.15, 0.2) is 0 Å². The van der Waals surface area contributed by atoms with Crippen LogP contribution in [0.25, 0.3) is 0 Å². The third kappa shape index (κ3) is 7.06. The Bertz CT molecular complexity index is 290. The monoisotopic (exact) mass is 256 g/mol. The molecule has 18 heavy (non-hydrogen) atoms. The van der Waals surface area contributed by atoms with E-state index in [2.05, 4.69) is 6.58 Å². The number of carboxylic acids is 1. The van der Waals surface area contributed by atoms with E-state index in [9.17, 15) is 9.59 Å². The summed E-state index contributed by atoms with van der Waals surface area (Å²) in [7, 11) is 0. The van der Waals surface area contributed by atoms with E-state index in [0.29, 0.717) is 0 Å². The van der Waals surface area contributed by atoms with Crippen LogP contribution < -0.4 is 5.73 Å². The molecular weight excluding hydrogens is 232 g/mol. The zero-order valence-electron chi connectivity index (χ0n) is 11.3. The fourth-order valence-electron chi connectivity index (χ4n) is 1.73. The summed E-state index contributed by atoms with van der Waals surface area (Å²) >= 11 is 0. The Kier molecular flexibility index (Phi) is 8.03. The molecule has 0 aromatic rings. The Morgan fingerprint density at radius 2 is 2.00 bits per heavy atom. The van der Waals surface area contributed by atoms with Gasteiger partial charge in [-0.25, -0.2) is 0 Å². The largest absolute Gasteiger partial charge is 0.480 e. The van der Waals surface area contributed by atoms with Crippen molar-refractivity contribution in [3.05, 3.63) is 12.7 Å². The first-order valence-electron chi connectivity index (χ1n) is 6.25. The van der Waals surface area contributed by atoms with E-state index in [-0.39, 0.29) is 31.0 Å². The van der Waals surface area contributed by atoms with Crippen LogP contribution in [0.5, 0.6) is 0 Å². The predicted octanol–water partition coefficient (Wildman–Crippen LogP) is 1.24. The number of nitrogens with two attached hydrogens (primary N) is 1. The third-order valence-corrected chi connectivity index (χ3v) is 2.71. The Morgan fingerprint density at radius 1 is 1.39 bits per heavy atom. The summed E-state index contributed by atoms with van der Waals surface area (Å²) in [5.74, 6) is -1.32. The predicted molar refractivity (Wildman–Crippen MR) is 71.1 cm³/mol. The number of carbonyl (C=O) groups excluding carboxylic acids is 1. The minimum atomic E-state index is -1.01. The van der Waals surface area contributed by atoms with E-state index >= 15 is 0 Å². The van der Waals surface area contributed by atoms with Crippen LogP contribution in [0.2, 0.25) is 0 Å². The second kappa shape index (κ2) is 8.69. The number of hydrogen-bond acceptors (Lipinski definition) is 3. The molecule has 0 aliphatic heterocycles. The summed E-state index contributed by atoms with van der Waals surface area (Å²) in [4.78, 5) is 24.0. The molecule has 5 heteroatoms. The molecule has 5 nitrogen and oxygen atoms in total. The van der Waals surface area contributed by atoms with Crippen LogP contribution in [0.4, 0.5) is 0 Å². The van der Waals surface area contributed by atoms with Crippen LogP contribution in [0, 0.1) is 5.92 Å². The lowest BCUT2D eigenvalue weighted by molar-refractivity contribution is -0.145. The topological polar surface area (TPSA) is 83.6 Å². The number of hydrogen-bond donors (Lipinski definition) is 2. The van der Waals surface area contributed by atoms with Crippen LogP contribution in [0.1, 0.15) is 33.1 Å². The van der Waals surface area contributed by atoms with Crippen molar-refractivity contribution in [1.29, 1.82) is 0 Å². The fraction of sp³-hybridized carbons (Fsp3) is 0.692. The van der Waals surface area contributed by atoms with Crippen molar-refractivity contribution in [3.63, 3.8) is 0 Å². The molecule has 0 aliphatic rings. The van der Waals surface area contributed by atoms with Gasteiger partial charge in [-0.1, -0.05) is 19.4 Å². The molecule has 104 valence electrons. The first-order chi connectivity index (χ1) is 8.38. The van der Waals surface area contributed by atoms with Crippen molar-refractivity contribution in [2.24, 2.45) is 11.7 Å². The Hall–Kier alpha value is -1.36. The molecule has 0 aliphatic carbocycles. The molecule has 0 fully saturated rings. The molecule has 0 aromatic heterocycles. The maximum absolute atomic E-state index is 12.0. The van der Waals surface area contributed by atoms with Crippen molar-refractivity contribution in [3.8, 4) is 0 Å². The number of rotatable bonds is 9. The lowest BCUT2D eigenvalue weighted by Crippen LogP contribution is -2.39. The average Bonchev–Trinajstić information content (AvgIpc) is 2.26. The SMILES string of the molecule is C=CCN(CC(=O)O)C(=O)C(C)CCCC(C)N. The van der Waals surface area contributed by atoms with Gasteiger partial charge in [0.1, 0.15) is 6.54 Å². The van der Waals surface area contributed by atoms with Gasteiger partial charge in [0, 0.05) is 18.5 Å². The normalized spacial score (nSPS) is 13.7. The number of aliphatic carboxylic acids is 1. The maximum atomic E-state index is 12.0. The smallest absolute Gasteiger partial charge is 0.323 e. The molecule has 0 bridgehead atoms. The summed E-state index contributed by atoms with van der Waals surface area (Å²) in [6.07, 6.45) is 4.01. The first kappa shape index (κ1) is 16.6. The summed E-state index contributed by atoms with van der Waals surface area (Å²) < 4.78 is 0. The van der Waals surface area contributed by atoms with E-state index in [4.69, 9.17) is 10.8 Å². The van der Waals surface area contributed by atoms with Crippen molar-refractivity contribution < 1.29 is 14.7 Å². The fourth-order valence-corrected chi connectivity index (χ4v) is 1.73. The maximum Gasteiger partial charge on any atom is 0.323 e. The van der Waals surface area contributed by atoms with E-state index in [1.54, 1.807) is 0 Å². The van der Waals surface area contributed by atoms with Gasteiger partial charge in [0.2, 0.25) is 5.91 Å². The second-order valence-electron chi connectivity index (χ2n) is 4.71. The number of amides is 1. The lowest BCUT2D eigenvalue weighted by atomic mass is 10.0. The van der Waals surface area contributed by atoms with E-state index in [0.717, 1.165) is 19.3 Å². The molecule has 0 saturated carbocycles. The highest BCUT2D eigenvalue weighted by Gasteiger charge is 2.21. The number of nitrogens with zero attached hydrogens (tertiary/aromatic N) is 1. The van der Waals surface area contributed by atoms with Crippen LogP contribution in [-0.4, -0.2) is 41.0 Å². The molecule has 0 radical (unpaired) electrons. The number of carboxylic acid groups (broad SMARTS) is 1. The minimum absolute atomic E-state index is 0.135. The first-order valence-corrected chi connectivity index (χ1v) is 6.25. The molecule has 2 atom stereocenters. The molecule has 2 unspecified atom stereocenters. The van der Waals surface area contributed by atoms with Gasteiger partial charge < -0.3 is 15.7 Å². The lowest BCUT2D eigenvalue weighted by Gasteiger charge is -2.23. The summed E-state index contributed by atoms with van der Waals surface area (Å²) in [5.41, 5.74) is 5.64. The van der Waals surface area contributed by atoms with E-state index in [1.807, 2.05) is 13.8 Å². The van der Waals surface area contributed by atoms with Gasteiger partial charge in [0.05, 0.1) is 0 Å². The van der Waals surface area contributed by atoms with Crippen molar-refractivity contribution >= 4 is 11.9 Å². The highest BCUT2D eigenvalue weighted by Crippen LogP contribution is 2.12. The van der Waals surface area contributed by atoms with Gasteiger partial charge in [0.25, 0.3) is 0 Å². The van der Waals surface area contributed by atoms with Gasteiger partial charge >= 0.3 is 5.97 Å². The quantitative estimate of drug-likeness (QED) is 0.608. The van der Waals surface area contributed by atoms with Gasteiger partial charge in [-0.05, 0) is 19.8 Å². The summed E-state index contributed by atoms with van der Waals surface area (Å²) in [6, 6.07) is 0.135. The highest BCUT2D eigenvalue weighted by atomic mass is 16.4. The van der Waals surface area contributed by atoms with Gasteiger partial charge in [-0.2, -0.15) is 0 Å².